The Kier molecular flexibility index (Phi) is 5.96. The number of nitrogens with zero attached hydrogens (tertiary/aromatic N) is 1. The summed E-state index contributed by atoms with van der Waals surface area (Å²) in [4.78, 5) is 12.2. The molecule has 0 spiro atoms. The number of hydrogen-bond donors (Lipinski definition) is 1. The summed E-state index contributed by atoms with van der Waals surface area (Å²) in [5, 5.41) is 2.13. The van der Waals surface area contributed by atoms with E-state index in [1.807, 2.05) is 0 Å². The monoisotopic (exact) mass is 400 g/mol. The predicted octanol–water partition coefficient (Wildman–Crippen LogP) is 3.58. The molecule has 0 fully saturated rings. The van der Waals surface area contributed by atoms with E-state index >= 15 is 0 Å². The molecule has 0 aromatic heterocycles. The van der Waals surface area contributed by atoms with Crippen LogP contribution in [0.5, 0.6) is 0 Å². The Morgan fingerprint density at radius 3 is 2.37 bits per heavy atom. The third-order valence-corrected chi connectivity index (χ3v) is 5.85. The van der Waals surface area contributed by atoms with E-state index in [0.29, 0.717) is 5.56 Å². The number of aryl methyl sites for hydroxylation is 2. The topological polar surface area (TPSA) is 66.5 Å². The number of benzene rings is 2. The van der Waals surface area contributed by atoms with Crippen molar-refractivity contribution in [1.82, 2.24) is 4.31 Å². The molecule has 146 valence electrons. The second-order valence-corrected chi connectivity index (χ2v) is 8.13. The van der Waals surface area contributed by atoms with Crippen molar-refractivity contribution in [2.45, 2.75) is 24.9 Å². The number of alkyl halides is 3. The fourth-order valence-electron chi connectivity index (χ4n) is 2.47. The standard InChI is InChI=1S/C18H19F3N2O3S/c1-12-8-9-13(2)16(10-12)27(25,26)23(3)11-17(24)22-15-7-5-4-6-14(15)18(19,20)21/h4-10H,11H2,1-3H3,(H,22,24). The maximum atomic E-state index is 13.0. The Morgan fingerprint density at radius 1 is 1.11 bits per heavy atom. The molecule has 0 unspecified atom stereocenters. The van der Waals surface area contributed by atoms with Crippen LogP contribution in [-0.4, -0.2) is 32.2 Å². The van der Waals surface area contributed by atoms with Gasteiger partial charge in [-0.2, -0.15) is 17.5 Å². The molecule has 0 heterocycles. The van der Waals surface area contributed by atoms with E-state index in [9.17, 15) is 26.4 Å². The highest BCUT2D eigenvalue weighted by atomic mass is 32.2. The minimum absolute atomic E-state index is 0.0495. The van der Waals surface area contributed by atoms with Crippen molar-refractivity contribution in [3.63, 3.8) is 0 Å². The summed E-state index contributed by atoms with van der Waals surface area (Å²) >= 11 is 0. The number of halogens is 3. The van der Waals surface area contributed by atoms with Gasteiger partial charge in [-0.05, 0) is 43.2 Å². The second-order valence-electron chi connectivity index (χ2n) is 6.12. The van der Waals surface area contributed by atoms with E-state index in [0.717, 1.165) is 22.0 Å². The highest BCUT2D eigenvalue weighted by Gasteiger charge is 2.34. The largest absolute Gasteiger partial charge is 0.418 e. The van der Waals surface area contributed by atoms with Gasteiger partial charge in [0, 0.05) is 7.05 Å². The zero-order valence-corrected chi connectivity index (χ0v) is 15.8. The molecule has 0 saturated heterocycles. The van der Waals surface area contributed by atoms with Crippen LogP contribution in [0.1, 0.15) is 16.7 Å². The van der Waals surface area contributed by atoms with E-state index in [1.54, 1.807) is 26.0 Å². The molecule has 0 bridgehead atoms. The molecule has 2 aromatic rings. The van der Waals surface area contributed by atoms with Crippen molar-refractivity contribution < 1.29 is 26.4 Å². The van der Waals surface area contributed by atoms with Crippen LogP contribution in [0.2, 0.25) is 0 Å². The predicted molar refractivity (Wildman–Crippen MR) is 95.8 cm³/mol. The van der Waals surface area contributed by atoms with E-state index in [1.165, 1.54) is 25.2 Å². The number of carbonyl (C=O) groups is 1. The molecule has 2 rings (SSSR count). The molecule has 0 atom stereocenters. The molecular weight excluding hydrogens is 381 g/mol. The van der Waals surface area contributed by atoms with Crippen LogP contribution < -0.4 is 5.32 Å². The summed E-state index contributed by atoms with van der Waals surface area (Å²) < 4.78 is 65.2. The third kappa shape index (κ3) is 4.86. The average Bonchev–Trinajstić information content (AvgIpc) is 2.56. The molecule has 0 saturated carbocycles. The van der Waals surface area contributed by atoms with E-state index < -0.39 is 39.9 Å². The van der Waals surface area contributed by atoms with Gasteiger partial charge in [0.05, 0.1) is 22.7 Å². The van der Waals surface area contributed by atoms with Crippen molar-refractivity contribution in [2.75, 3.05) is 18.9 Å². The lowest BCUT2D eigenvalue weighted by atomic mass is 10.1. The van der Waals surface area contributed by atoms with E-state index in [4.69, 9.17) is 0 Å². The molecule has 1 N–H and O–H groups in total. The highest BCUT2D eigenvalue weighted by Crippen LogP contribution is 2.34. The number of sulfonamides is 1. The summed E-state index contributed by atoms with van der Waals surface area (Å²) in [6.45, 7) is 2.74. The molecule has 27 heavy (non-hydrogen) atoms. The molecule has 0 radical (unpaired) electrons. The van der Waals surface area contributed by atoms with Crippen LogP contribution in [0.3, 0.4) is 0 Å². The van der Waals surface area contributed by atoms with Gasteiger partial charge < -0.3 is 5.32 Å². The number of anilines is 1. The quantitative estimate of drug-likeness (QED) is 0.834. The van der Waals surface area contributed by atoms with E-state index in [2.05, 4.69) is 5.32 Å². The number of para-hydroxylation sites is 1. The summed E-state index contributed by atoms with van der Waals surface area (Å²) in [5.41, 5.74) is -0.183. The smallest absolute Gasteiger partial charge is 0.324 e. The van der Waals surface area contributed by atoms with Crippen molar-refractivity contribution in [1.29, 1.82) is 0 Å². The summed E-state index contributed by atoms with van der Waals surface area (Å²) in [5.74, 6) is -0.872. The van der Waals surface area contributed by atoms with E-state index in [-0.39, 0.29) is 4.90 Å². The fourth-order valence-corrected chi connectivity index (χ4v) is 3.90. The lowest BCUT2D eigenvalue weighted by molar-refractivity contribution is -0.137. The lowest BCUT2D eigenvalue weighted by Crippen LogP contribution is -2.35. The summed E-state index contributed by atoms with van der Waals surface area (Å²) in [6, 6.07) is 9.39. The van der Waals surface area contributed by atoms with Crippen molar-refractivity contribution in [3.8, 4) is 0 Å². The van der Waals surface area contributed by atoms with Crippen LogP contribution in [0, 0.1) is 13.8 Å². The fraction of sp³-hybridized carbons (Fsp3) is 0.278. The van der Waals surface area contributed by atoms with Gasteiger partial charge >= 0.3 is 6.18 Å². The molecule has 2 aromatic carbocycles. The second kappa shape index (κ2) is 7.69. The normalized spacial score (nSPS) is 12.3. The zero-order valence-electron chi connectivity index (χ0n) is 15.0. The van der Waals surface area contributed by atoms with Crippen LogP contribution in [0.15, 0.2) is 47.4 Å². The number of rotatable bonds is 5. The molecule has 5 nitrogen and oxygen atoms in total. The SMILES string of the molecule is Cc1ccc(C)c(S(=O)(=O)N(C)CC(=O)Nc2ccccc2C(F)(F)F)c1. The average molecular weight is 400 g/mol. The first-order valence-corrected chi connectivity index (χ1v) is 9.36. The van der Waals surface area contributed by atoms with Gasteiger partial charge in [0.15, 0.2) is 0 Å². The molecule has 0 aliphatic carbocycles. The van der Waals surface area contributed by atoms with Gasteiger partial charge in [-0.3, -0.25) is 4.79 Å². The molecule has 0 aliphatic heterocycles. The van der Waals surface area contributed by atoms with Gasteiger partial charge in [-0.25, -0.2) is 8.42 Å². The van der Waals surface area contributed by atoms with Gasteiger partial charge in [0.1, 0.15) is 0 Å². The van der Waals surface area contributed by atoms with Crippen LogP contribution >= 0.6 is 0 Å². The van der Waals surface area contributed by atoms with Crippen molar-refractivity contribution in [3.05, 3.63) is 59.2 Å². The number of amides is 1. The Bertz CT molecular complexity index is 957. The number of carbonyl (C=O) groups excluding carboxylic acids is 1. The molecule has 9 heteroatoms. The Morgan fingerprint density at radius 2 is 1.74 bits per heavy atom. The van der Waals surface area contributed by atoms with Crippen LogP contribution in [-0.2, 0) is 21.0 Å². The minimum Gasteiger partial charge on any atom is -0.324 e. The first-order valence-electron chi connectivity index (χ1n) is 7.92. The van der Waals surface area contributed by atoms with Crippen LogP contribution in [0.4, 0.5) is 18.9 Å². The Labute approximate surface area is 155 Å². The number of hydrogen-bond acceptors (Lipinski definition) is 3. The maximum Gasteiger partial charge on any atom is 0.418 e. The van der Waals surface area contributed by atoms with Gasteiger partial charge in [0.25, 0.3) is 0 Å². The molecular formula is C18H19F3N2O3S. The zero-order chi connectivity index (χ0) is 20.4. The van der Waals surface area contributed by atoms with Gasteiger partial charge in [-0.1, -0.05) is 24.3 Å². The summed E-state index contributed by atoms with van der Waals surface area (Å²) in [6.07, 6.45) is -4.64. The minimum atomic E-state index is -4.64. The Hall–Kier alpha value is -2.39. The summed E-state index contributed by atoms with van der Waals surface area (Å²) in [7, 11) is -2.77. The van der Waals surface area contributed by atoms with Crippen molar-refractivity contribution in [2.24, 2.45) is 0 Å². The highest BCUT2D eigenvalue weighted by molar-refractivity contribution is 7.89. The van der Waals surface area contributed by atoms with Crippen molar-refractivity contribution >= 4 is 21.6 Å². The maximum absolute atomic E-state index is 13.0. The molecule has 0 aliphatic rings. The number of likely N-dealkylation sites (N-methyl/N-ethyl adjacent to an activating group) is 1. The van der Waals surface area contributed by atoms with Crippen LogP contribution in [0.25, 0.3) is 0 Å². The van der Waals surface area contributed by atoms with Gasteiger partial charge in [-0.15, -0.1) is 0 Å². The molecule has 1 amide bonds. The first-order chi connectivity index (χ1) is 12.4. The van der Waals surface area contributed by atoms with Gasteiger partial charge in [0.2, 0.25) is 15.9 Å². The lowest BCUT2D eigenvalue weighted by Gasteiger charge is -2.19. The third-order valence-electron chi connectivity index (χ3n) is 3.90. The number of nitrogens with one attached hydrogen (secondary N) is 1. The first kappa shape index (κ1) is 20.9. The Balaban J connectivity index is 2.20.